The van der Waals surface area contributed by atoms with Crippen molar-refractivity contribution < 1.29 is 13.9 Å². The minimum atomic E-state index is -0.359. The van der Waals surface area contributed by atoms with Crippen LogP contribution < -0.4 is 5.32 Å². The first-order chi connectivity index (χ1) is 6.86. The molecule has 4 nitrogen and oxygen atoms in total. The van der Waals surface area contributed by atoms with E-state index in [4.69, 9.17) is 9.15 Å². The fraction of sp³-hybridized carbons (Fsp3) is 0.500. The molecule has 1 aliphatic rings. The lowest BCUT2D eigenvalue weighted by molar-refractivity contribution is 0.0195. The van der Waals surface area contributed by atoms with E-state index in [0.717, 1.165) is 25.9 Å². The highest BCUT2D eigenvalue weighted by molar-refractivity contribution is 5.86. The van der Waals surface area contributed by atoms with E-state index in [9.17, 15) is 4.79 Å². The highest BCUT2D eigenvalue weighted by atomic mass is 35.5. The fourth-order valence-corrected chi connectivity index (χ4v) is 1.52. The number of hydrogen-bond acceptors (Lipinski definition) is 4. The van der Waals surface area contributed by atoms with Gasteiger partial charge >= 0.3 is 5.97 Å². The highest BCUT2D eigenvalue weighted by Crippen LogP contribution is 2.11. The molecule has 0 saturated carbocycles. The van der Waals surface area contributed by atoms with Crippen LogP contribution >= 0.6 is 12.4 Å². The zero-order chi connectivity index (χ0) is 9.80. The Bertz CT molecular complexity index is 294. The summed E-state index contributed by atoms with van der Waals surface area (Å²) in [5.74, 6) is -0.0783. The molecule has 0 amide bonds. The Hall–Kier alpha value is -1.00. The highest BCUT2D eigenvalue weighted by Gasteiger charge is 2.19. The maximum atomic E-state index is 11.4. The van der Waals surface area contributed by atoms with Crippen LogP contribution in [0.4, 0.5) is 0 Å². The van der Waals surface area contributed by atoms with Gasteiger partial charge in [-0.25, -0.2) is 4.79 Å². The maximum absolute atomic E-state index is 11.4. The number of nitrogens with one attached hydrogen (secondary N) is 1. The van der Waals surface area contributed by atoms with Gasteiger partial charge in [-0.2, -0.15) is 0 Å². The van der Waals surface area contributed by atoms with Gasteiger partial charge in [0.25, 0.3) is 0 Å². The van der Waals surface area contributed by atoms with E-state index >= 15 is 0 Å². The average Bonchev–Trinajstić information content (AvgIpc) is 2.72. The average molecular weight is 232 g/mol. The monoisotopic (exact) mass is 231 g/mol. The molecule has 1 N–H and O–H groups in total. The molecule has 84 valence electrons. The van der Waals surface area contributed by atoms with Crippen molar-refractivity contribution in [1.29, 1.82) is 0 Å². The van der Waals surface area contributed by atoms with Gasteiger partial charge in [-0.3, -0.25) is 0 Å². The van der Waals surface area contributed by atoms with Gasteiger partial charge in [0.2, 0.25) is 5.76 Å². The summed E-state index contributed by atoms with van der Waals surface area (Å²) in [6, 6.07) is 3.29. The predicted octanol–water partition coefficient (Wildman–Crippen LogP) is 1.61. The van der Waals surface area contributed by atoms with Gasteiger partial charge in [0, 0.05) is 0 Å². The maximum Gasteiger partial charge on any atom is 0.374 e. The van der Waals surface area contributed by atoms with E-state index in [-0.39, 0.29) is 30.2 Å². The number of furan rings is 1. The van der Waals surface area contributed by atoms with Crippen LogP contribution in [-0.4, -0.2) is 25.2 Å². The molecule has 2 heterocycles. The van der Waals surface area contributed by atoms with Crippen LogP contribution in [-0.2, 0) is 4.74 Å². The number of rotatable bonds is 2. The van der Waals surface area contributed by atoms with E-state index in [1.807, 2.05) is 0 Å². The lowest BCUT2D eigenvalue weighted by Gasteiger charge is -2.22. The van der Waals surface area contributed by atoms with Crippen LogP contribution in [0.2, 0.25) is 0 Å². The molecule has 1 fully saturated rings. The third kappa shape index (κ3) is 3.25. The largest absolute Gasteiger partial charge is 0.457 e. The summed E-state index contributed by atoms with van der Waals surface area (Å²) in [5, 5.41) is 3.21. The van der Waals surface area contributed by atoms with Gasteiger partial charge in [-0.1, -0.05) is 0 Å². The molecule has 0 aliphatic carbocycles. The second-order valence-electron chi connectivity index (χ2n) is 3.33. The Morgan fingerprint density at radius 2 is 2.20 bits per heavy atom. The summed E-state index contributed by atoms with van der Waals surface area (Å²) in [7, 11) is 0. The topological polar surface area (TPSA) is 51.5 Å². The molecule has 0 atom stereocenters. The van der Waals surface area contributed by atoms with E-state index in [2.05, 4.69) is 5.32 Å². The lowest BCUT2D eigenvalue weighted by Crippen LogP contribution is -2.33. The smallest absolute Gasteiger partial charge is 0.374 e. The van der Waals surface area contributed by atoms with Crippen molar-refractivity contribution in [2.45, 2.75) is 18.9 Å². The van der Waals surface area contributed by atoms with Crippen molar-refractivity contribution in [2.75, 3.05) is 13.1 Å². The molecule has 1 saturated heterocycles. The molecule has 1 aliphatic heterocycles. The standard InChI is InChI=1S/C10H13NO3.ClH/c12-10(9-2-1-7-13-9)14-8-3-5-11-6-4-8;/h1-2,7-8,11H,3-6H2;1H. The lowest BCUT2D eigenvalue weighted by atomic mass is 10.1. The molecule has 1 aromatic heterocycles. The van der Waals surface area contributed by atoms with Crippen LogP contribution in [0.5, 0.6) is 0 Å². The Morgan fingerprint density at radius 3 is 2.80 bits per heavy atom. The first kappa shape index (κ1) is 12.1. The molecule has 5 heteroatoms. The van der Waals surface area contributed by atoms with Crippen molar-refractivity contribution in [3.63, 3.8) is 0 Å². The van der Waals surface area contributed by atoms with Gasteiger partial charge < -0.3 is 14.5 Å². The van der Waals surface area contributed by atoms with Crippen LogP contribution in [0, 0.1) is 0 Å². The first-order valence-corrected chi connectivity index (χ1v) is 4.81. The first-order valence-electron chi connectivity index (χ1n) is 4.81. The molecule has 15 heavy (non-hydrogen) atoms. The summed E-state index contributed by atoms with van der Waals surface area (Å²) in [5.41, 5.74) is 0. The van der Waals surface area contributed by atoms with Gasteiger partial charge in [0.15, 0.2) is 0 Å². The zero-order valence-electron chi connectivity index (χ0n) is 8.27. The zero-order valence-corrected chi connectivity index (χ0v) is 9.09. The number of esters is 1. The number of carbonyl (C=O) groups is 1. The summed E-state index contributed by atoms with van der Waals surface area (Å²) in [6.45, 7) is 1.83. The van der Waals surface area contributed by atoms with Crippen molar-refractivity contribution in [1.82, 2.24) is 5.32 Å². The normalized spacial score (nSPS) is 16.8. The Kier molecular flexibility index (Phi) is 4.65. The van der Waals surface area contributed by atoms with Crippen LogP contribution in [0.15, 0.2) is 22.8 Å². The van der Waals surface area contributed by atoms with Gasteiger partial charge in [-0.05, 0) is 38.1 Å². The number of hydrogen-bond donors (Lipinski definition) is 1. The summed E-state index contributed by atoms with van der Waals surface area (Å²) >= 11 is 0. The van der Waals surface area contributed by atoms with Crippen LogP contribution in [0.3, 0.4) is 0 Å². The summed E-state index contributed by atoms with van der Waals surface area (Å²) < 4.78 is 10.2. The Morgan fingerprint density at radius 1 is 1.47 bits per heavy atom. The summed E-state index contributed by atoms with van der Waals surface area (Å²) in [6.07, 6.45) is 3.27. The molecule has 2 rings (SSSR count). The van der Waals surface area contributed by atoms with Crippen molar-refractivity contribution in [3.8, 4) is 0 Å². The molecule has 0 radical (unpaired) electrons. The van der Waals surface area contributed by atoms with E-state index in [1.165, 1.54) is 6.26 Å². The van der Waals surface area contributed by atoms with Gasteiger partial charge in [0.1, 0.15) is 6.10 Å². The van der Waals surface area contributed by atoms with Crippen LogP contribution in [0.1, 0.15) is 23.4 Å². The number of piperidine rings is 1. The Labute approximate surface area is 94.4 Å². The second-order valence-corrected chi connectivity index (χ2v) is 3.33. The molecular weight excluding hydrogens is 218 g/mol. The third-order valence-corrected chi connectivity index (χ3v) is 2.28. The minimum Gasteiger partial charge on any atom is -0.457 e. The quantitative estimate of drug-likeness (QED) is 0.786. The predicted molar refractivity (Wildman–Crippen MR) is 57.3 cm³/mol. The van der Waals surface area contributed by atoms with Crippen molar-refractivity contribution >= 4 is 18.4 Å². The van der Waals surface area contributed by atoms with Crippen molar-refractivity contribution in [2.24, 2.45) is 0 Å². The number of ether oxygens (including phenoxy) is 1. The van der Waals surface area contributed by atoms with Crippen molar-refractivity contribution in [3.05, 3.63) is 24.2 Å². The second kappa shape index (κ2) is 5.78. The SMILES string of the molecule is Cl.O=C(OC1CCNCC1)c1ccco1. The molecule has 0 aromatic carbocycles. The fourth-order valence-electron chi connectivity index (χ4n) is 1.52. The molecular formula is C10H14ClNO3. The van der Waals surface area contributed by atoms with E-state index < -0.39 is 0 Å². The molecule has 0 spiro atoms. The number of carbonyl (C=O) groups excluding carboxylic acids is 1. The van der Waals surface area contributed by atoms with Gasteiger partial charge in [-0.15, -0.1) is 12.4 Å². The Balaban J connectivity index is 0.00000112. The molecule has 0 unspecified atom stereocenters. The third-order valence-electron chi connectivity index (χ3n) is 2.28. The minimum absolute atomic E-state index is 0. The molecule has 0 bridgehead atoms. The van der Waals surface area contributed by atoms with E-state index in [1.54, 1.807) is 12.1 Å². The number of halogens is 1. The van der Waals surface area contributed by atoms with Gasteiger partial charge in [0.05, 0.1) is 6.26 Å². The molecule has 1 aromatic rings. The van der Waals surface area contributed by atoms with E-state index in [0.29, 0.717) is 0 Å². The summed E-state index contributed by atoms with van der Waals surface area (Å²) in [4.78, 5) is 11.4. The van der Waals surface area contributed by atoms with Crippen LogP contribution in [0.25, 0.3) is 0 Å².